The normalized spacial score (nSPS) is 12.2. The van der Waals surface area contributed by atoms with Gasteiger partial charge in [-0.1, -0.05) is 168 Å². The van der Waals surface area contributed by atoms with Crippen LogP contribution in [0.1, 0.15) is 227 Å². The Bertz CT molecular complexity index is 1320. The third-order valence-corrected chi connectivity index (χ3v) is 13.3. The molecule has 0 bridgehead atoms. The second-order valence-electron chi connectivity index (χ2n) is 19.8. The van der Waals surface area contributed by atoms with E-state index in [2.05, 4.69) is 27.7 Å². The van der Waals surface area contributed by atoms with E-state index in [4.69, 9.17) is 28.4 Å². The first-order valence-corrected chi connectivity index (χ1v) is 29.5. The maximum atomic E-state index is 13.5. The van der Waals surface area contributed by atoms with E-state index in [1.807, 2.05) is 19.0 Å². The molecule has 0 aliphatic rings. The fourth-order valence-electron chi connectivity index (χ4n) is 7.66. The smallest absolute Gasteiger partial charge is 0.307 e. The Balaban J connectivity index is 5.57. The first kappa shape index (κ1) is 69.0. The molecule has 72 heavy (non-hydrogen) atoms. The van der Waals surface area contributed by atoms with Crippen LogP contribution in [0.15, 0.2) is 0 Å². The van der Waals surface area contributed by atoms with E-state index in [0.717, 1.165) is 147 Å². The van der Waals surface area contributed by atoms with Crippen LogP contribution in [-0.4, -0.2) is 135 Å². The molecule has 0 rings (SSSR count). The second kappa shape index (κ2) is 50.2. The van der Waals surface area contributed by atoms with Gasteiger partial charge in [-0.15, -0.1) is 0 Å². The molecular weight excluding hydrogens is 941 g/mol. The molecule has 0 aliphatic carbocycles. The molecule has 0 aromatic carbocycles. The van der Waals surface area contributed by atoms with Crippen molar-refractivity contribution in [1.82, 2.24) is 9.80 Å². The first-order valence-electron chi connectivity index (χ1n) is 28.5. The van der Waals surface area contributed by atoms with Gasteiger partial charge in [0.2, 0.25) is 0 Å². The molecule has 16 heteroatoms. The first-order chi connectivity index (χ1) is 34.8. The number of hydrogen-bond donors (Lipinski definition) is 1. The van der Waals surface area contributed by atoms with Gasteiger partial charge in [0.25, 0.3) is 5.24 Å². The van der Waals surface area contributed by atoms with Crippen molar-refractivity contribution in [2.75, 3.05) is 79.1 Å². The van der Waals surface area contributed by atoms with Gasteiger partial charge in [0.15, 0.2) is 6.29 Å². The number of ether oxygens (including phenoxy) is 6. The quantitative estimate of drug-likeness (QED) is 0.0262. The lowest BCUT2D eigenvalue weighted by Gasteiger charge is -2.23. The van der Waals surface area contributed by atoms with Crippen molar-refractivity contribution in [2.45, 2.75) is 233 Å². The number of rotatable bonds is 51. The van der Waals surface area contributed by atoms with Crippen LogP contribution in [0.4, 0.5) is 4.79 Å². The largest absolute Gasteiger partial charge is 0.465 e. The second-order valence-corrected chi connectivity index (χ2v) is 20.8. The number of nitrogens with zero attached hydrogens (tertiary/aromatic N) is 2. The monoisotopic (exact) mass is 1040 g/mol. The van der Waals surface area contributed by atoms with Crippen molar-refractivity contribution in [3.63, 3.8) is 0 Å². The van der Waals surface area contributed by atoms with Crippen LogP contribution >= 0.6 is 11.8 Å². The molecular formula is C56H104N2O13S. The van der Waals surface area contributed by atoms with E-state index in [1.54, 1.807) is 0 Å². The van der Waals surface area contributed by atoms with E-state index in [-0.39, 0.29) is 102 Å². The van der Waals surface area contributed by atoms with Gasteiger partial charge < -0.3 is 43.3 Å². The summed E-state index contributed by atoms with van der Waals surface area (Å²) in [5, 5.41) is 10.3. The zero-order valence-corrected chi connectivity index (χ0v) is 47.2. The van der Waals surface area contributed by atoms with Crippen LogP contribution in [0, 0.1) is 11.8 Å². The minimum absolute atomic E-state index is 0.0112. The average Bonchev–Trinajstić information content (AvgIpc) is 3.36. The summed E-state index contributed by atoms with van der Waals surface area (Å²) in [5.74, 6) is -2.74. The molecule has 0 heterocycles. The summed E-state index contributed by atoms with van der Waals surface area (Å²) in [5.41, 5.74) is 0. The lowest BCUT2D eigenvalue weighted by molar-refractivity contribution is -0.157. The molecule has 0 aromatic rings. The number of aliphatic hydroxyl groups is 1. The fraction of sp³-hybridized carbons (Fsp3) is 0.893. The summed E-state index contributed by atoms with van der Waals surface area (Å²) >= 11 is 1.11. The van der Waals surface area contributed by atoms with Gasteiger partial charge in [-0.05, 0) is 59.2 Å². The van der Waals surface area contributed by atoms with E-state index < -0.39 is 30.1 Å². The minimum Gasteiger partial charge on any atom is -0.465 e. The summed E-state index contributed by atoms with van der Waals surface area (Å²) in [6.07, 6.45) is 25.9. The summed E-state index contributed by atoms with van der Waals surface area (Å²) < 4.78 is 33.7. The van der Waals surface area contributed by atoms with Crippen molar-refractivity contribution in [2.24, 2.45) is 11.8 Å². The SMILES string of the molecule is CCCCCCCCC(=O)OCC(COC(=O)CCCCCCCC)COC(=O)CCN(CCC(=O)OCC(COC(=O)CCCCCCCC)COC(O)CCCCCCCC)C(=O)SCCCN(C)C. The lowest BCUT2D eigenvalue weighted by atomic mass is 10.1. The predicted molar refractivity (Wildman–Crippen MR) is 288 cm³/mol. The molecule has 2 atom stereocenters. The van der Waals surface area contributed by atoms with Crippen molar-refractivity contribution >= 4 is 46.8 Å². The topological polar surface area (TPSA) is 185 Å². The molecule has 1 N–H and O–H groups in total. The summed E-state index contributed by atoms with van der Waals surface area (Å²) in [6, 6.07) is 0. The number of carbonyl (C=O) groups excluding carboxylic acids is 6. The van der Waals surface area contributed by atoms with Crippen LogP contribution in [0.25, 0.3) is 0 Å². The maximum absolute atomic E-state index is 13.5. The van der Waals surface area contributed by atoms with Crippen LogP contribution in [-0.2, 0) is 52.4 Å². The van der Waals surface area contributed by atoms with Crippen LogP contribution in [0.5, 0.6) is 0 Å². The van der Waals surface area contributed by atoms with Crippen LogP contribution < -0.4 is 0 Å². The van der Waals surface area contributed by atoms with Crippen molar-refractivity contribution in [1.29, 1.82) is 0 Å². The van der Waals surface area contributed by atoms with Crippen LogP contribution in [0.3, 0.4) is 0 Å². The molecule has 0 fully saturated rings. The summed E-state index contributed by atoms with van der Waals surface area (Å²) in [6.45, 7) is 8.99. The molecule has 15 nitrogen and oxygen atoms in total. The van der Waals surface area contributed by atoms with Crippen molar-refractivity contribution < 1.29 is 62.3 Å². The lowest BCUT2D eigenvalue weighted by Crippen LogP contribution is -2.34. The van der Waals surface area contributed by atoms with E-state index in [9.17, 15) is 33.9 Å². The highest BCUT2D eigenvalue weighted by molar-refractivity contribution is 8.13. The van der Waals surface area contributed by atoms with Gasteiger partial charge in [0.1, 0.15) is 19.8 Å². The van der Waals surface area contributed by atoms with Crippen molar-refractivity contribution in [3.8, 4) is 0 Å². The number of hydrogen-bond acceptors (Lipinski definition) is 15. The maximum Gasteiger partial charge on any atom is 0.307 e. The Kier molecular flexibility index (Phi) is 48.2. The van der Waals surface area contributed by atoms with E-state index >= 15 is 0 Å². The zero-order chi connectivity index (χ0) is 53.3. The van der Waals surface area contributed by atoms with Gasteiger partial charge in [-0.25, -0.2) is 0 Å². The Morgan fingerprint density at radius 3 is 1.08 bits per heavy atom. The Labute approximate surface area is 441 Å². The number of aliphatic hydroxyl groups excluding tert-OH is 1. The summed E-state index contributed by atoms with van der Waals surface area (Å²) in [7, 11) is 3.91. The Morgan fingerprint density at radius 1 is 0.403 bits per heavy atom. The number of esters is 5. The highest BCUT2D eigenvalue weighted by Crippen LogP contribution is 2.16. The Morgan fingerprint density at radius 2 is 0.722 bits per heavy atom. The van der Waals surface area contributed by atoms with Crippen molar-refractivity contribution in [3.05, 3.63) is 0 Å². The van der Waals surface area contributed by atoms with Gasteiger partial charge in [-0.2, -0.15) is 0 Å². The zero-order valence-electron chi connectivity index (χ0n) is 46.4. The molecule has 0 aliphatic heterocycles. The standard InChI is InChI=1S/C56H104N2O13S/c1-7-11-15-19-23-27-32-50(59)66-42-48(43-67-51(60)33-28-24-20-16-12-8-2)46-70-54(63)36-39-58(56(65)72-41-31-38-57(5)6)40-37-55(64)71-47-49(44-68-52(61)34-29-25-21-17-13-9-3)45-69-53(62)35-30-26-22-18-14-10-4/h48-50,59H,7-47H2,1-6H3. The molecule has 0 saturated heterocycles. The number of unbranched alkanes of at least 4 members (excludes halogenated alkanes) is 20. The molecule has 0 saturated carbocycles. The van der Waals surface area contributed by atoms with Gasteiger partial charge in [-0.3, -0.25) is 28.8 Å². The van der Waals surface area contributed by atoms with Gasteiger partial charge >= 0.3 is 29.8 Å². The average molecular weight is 1050 g/mol. The highest BCUT2D eigenvalue weighted by Gasteiger charge is 2.23. The van der Waals surface area contributed by atoms with E-state index in [0.29, 0.717) is 18.6 Å². The molecule has 0 spiro atoms. The molecule has 422 valence electrons. The van der Waals surface area contributed by atoms with Gasteiger partial charge in [0, 0.05) is 38.1 Å². The minimum atomic E-state index is -0.991. The highest BCUT2D eigenvalue weighted by atomic mass is 32.2. The van der Waals surface area contributed by atoms with E-state index in [1.165, 1.54) is 37.0 Å². The third kappa shape index (κ3) is 45.6. The number of thioether (sulfide) groups is 1. The Hall–Kier alpha value is -2.95. The number of carbonyl (C=O) groups is 6. The fourth-order valence-corrected chi connectivity index (χ4v) is 8.47. The molecule has 1 amide bonds. The summed E-state index contributed by atoms with van der Waals surface area (Å²) in [4.78, 5) is 81.2. The van der Waals surface area contributed by atoms with Gasteiger partial charge in [0.05, 0.1) is 44.5 Å². The third-order valence-electron chi connectivity index (χ3n) is 12.3. The molecule has 0 aromatic heterocycles. The molecule has 0 radical (unpaired) electrons. The number of amides is 1. The van der Waals surface area contributed by atoms with Crippen LogP contribution in [0.2, 0.25) is 0 Å². The molecule has 2 unspecified atom stereocenters. The predicted octanol–water partition coefficient (Wildman–Crippen LogP) is 12.2.